The molecular formula is C11H15FN5O3+. The number of imidazole rings is 1. The summed E-state index contributed by atoms with van der Waals surface area (Å²) in [7, 11) is 0. The van der Waals surface area contributed by atoms with Crippen LogP contribution in [0, 0.1) is 0 Å². The summed E-state index contributed by atoms with van der Waals surface area (Å²) in [6.07, 6.45) is -1.42. The van der Waals surface area contributed by atoms with Crippen molar-refractivity contribution in [1.29, 1.82) is 0 Å². The number of aromatic amines is 1. The van der Waals surface area contributed by atoms with Crippen LogP contribution in [0.5, 0.6) is 0 Å². The predicted octanol–water partition coefficient (Wildman–Crippen LogP) is -1.41. The summed E-state index contributed by atoms with van der Waals surface area (Å²) >= 11 is 0. The number of H-pyrrole nitrogens is 1. The van der Waals surface area contributed by atoms with Crippen molar-refractivity contribution in [2.75, 3.05) is 12.3 Å². The number of hydrogen-bond acceptors (Lipinski definition) is 6. The first-order chi connectivity index (χ1) is 9.49. The van der Waals surface area contributed by atoms with Crippen LogP contribution in [0.25, 0.3) is 11.2 Å². The van der Waals surface area contributed by atoms with Crippen molar-refractivity contribution in [3.05, 3.63) is 12.7 Å². The number of nitrogens with zero attached hydrogens (tertiary/aromatic N) is 3. The van der Waals surface area contributed by atoms with Crippen molar-refractivity contribution in [3.63, 3.8) is 0 Å². The van der Waals surface area contributed by atoms with Crippen LogP contribution in [0.15, 0.2) is 12.7 Å². The molecule has 4 atom stereocenters. The molecular weight excluding hydrogens is 269 g/mol. The fraction of sp³-hybridized carbons (Fsp3) is 0.545. The molecule has 0 saturated carbocycles. The van der Waals surface area contributed by atoms with Gasteiger partial charge in [0.05, 0.1) is 6.61 Å². The van der Waals surface area contributed by atoms with E-state index in [0.717, 1.165) is 0 Å². The summed E-state index contributed by atoms with van der Waals surface area (Å²) in [6.45, 7) is 0.999. The van der Waals surface area contributed by atoms with E-state index in [1.54, 1.807) is 0 Å². The Kier molecular flexibility index (Phi) is 2.85. The Labute approximate surface area is 113 Å². The van der Waals surface area contributed by atoms with Crippen LogP contribution >= 0.6 is 0 Å². The van der Waals surface area contributed by atoms with Crippen LogP contribution in [-0.4, -0.2) is 50.2 Å². The van der Waals surface area contributed by atoms with E-state index in [4.69, 9.17) is 15.6 Å². The van der Waals surface area contributed by atoms with Crippen molar-refractivity contribution in [2.24, 2.45) is 0 Å². The fourth-order valence-electron chi connectivity index (χ4n) is 2.52. The minimum atomic E-state index is -1.72. The Balaban J connectivity index is 2.13. The molecule has 5 N–H and O–H groups in total. The van der Waals surface area contributed by atoms with E-state index in [1.807, 2.05) is 0 Å². The number of nitrogens with two attached hydrogens (primary N) is 1. The van der Waals surface area contributed by atoms with Gasteiger partial charge in [-0.15, -0.1) is 0 Å². The van der Waals surface area contributed by atoms with Gasteiger partial charge in [0.1, 0.15) is 12.2 Å². The standard InChI is InChI=1S/C11H14FN5O3/c1-11(8(12)7(19)5(2-18)20-11)17-4-16-6-9(13)14-3-15-10(6)17/h3-5,7-8,18-19H,2H2,1H3,(H2,13,14,15)/p+1/t5-,7?,8+,11-/m1/s1. The topological polar surface area (TPSA) is 121 Å². The average molecular weight is 284 g/mol. The Morgan fingerprint density at radius 1 is 1.60 bits per heavy atom. The number of rotatable bonds is 2. The van der Waals surface area contributed by atoms with Gasteiger partial charge in [0.25, 0.3) is 0 Å². The van der Waals surface area contributed by atoms with E-state index in [9.17, 15) is 9.50 Å². The predicted molar refractivity (Wildman–Crippen MR) is 65.0 cm³/mol. The number of aliphatic hydroxyl groups is 2. The molecule has 2 aromatic heterocycles. The van der Waals surface area contributed by atoms with E-state index >= 15 is 0 Å². The van der Waals surface area contributed by atoms with Crippen molar-refractivity contribution >= 4 is 17.0 Å². The first kappa shape index (κ1) is 13.2. The van der Waals surface area contributed by atoms with Crippen LogP contribution in [0.4, 0.5) is 10.2 Å². The maximum atomic E-state index is 14.4. The molecule has 20 heavy (non-hydrogen) atoms. The van der Waals surface area contributed by atoms with E-state index < -0.39 is 30.7 Å². The summed E-state index contributed by atoms with van der Waals surface area (Å²) in [5, 5.41) is 18.9. The molecule has 0 aromatic carbocycles. The smallest absolute Gasteiger partial charge is 0.309 e. The van der Waals surface area contributed by atoms with Crippen LogP contribution < -0.4 is 10.3 Å². The summed E-state index contributed by atoms with van der Waals surface area (Å²) in [6, 6.07) is 0. The molecule has 1 aliphatic rings. The Hall–Kier alpha value is -1.84. The quantitative estimate of drug-likeness (QED) is 0.503. The van der Waals surface area contributed by atoms with Crippen LogP contribution in [0.3, 0.4) is 0 Å². The Morgan fingerprint density at radius 2 is 2.35 bits per heavy atom. The highest BCUT2D eigenvalue weighted by molar-refractivity contribution is 5.77. The third-order valence-corrected chi connectivity index (χ3v) is 3.66. The maximum Gasteiger partial charge on any atom is 0.309 e. The van der Waals surface area contributed by atoms with E-state index in [-0.39, 0.29) is 5.82 Å². The molecule has 8 nitrogen and oxygen atoms in total. The van der Waals surface area contributed by atoms with Crippen molar-refractivity contribution in [2.45, 2.75) is 31.0 Å². The van der Waals surface area contributed by atoms with Gasteiger partial charge in [0.2, 0.25) is 11.2 Å². The first-order valence-electron chi connectivity index (χ1n) is 6.09. The normalized spacial score (nSPS) is 33.9. The second-order valence-electron chi connectivity index (χ2n) is 4.89. The lowest BCUT2D eigenvalue weighted by Gasteiger charge is -2.23. The van der Waals surface area contributed by atoms with Gasteiger partial charge in [-0.25, -0.2) is 8.96 Å². The second kappa shape index (κ2) is 4.33. The minimum Gasteiger partial charge on any atom is -0.394 e. The first-order valence-corrected chi connectivity index (χ1v) is 6.09. The van der Waals surface area contributed by atoms with Gasteiger partial charge < -0.3 is 20.7 Å². The monoisotopic (exact) mass is 284 g/mol. The number of anilines is 1. The molecule has 1 saturated heterocycles. The lowest BCUT2D eigenvalue weighted by atomic mass is 10.1. The van der Waals surface area contributed by atoms with Crippen LogP contribution in [0.2, 0.25) is 0 Å². The number of fused-ring (bicyclic) bond motifs is 1. The molecule has 1 unspecified atom stereocenters. The lowest BCUT2D eigenvalue weighted by Crippen LogP contribution is -2.59. The van der Waals surface area contributed by atoms with Crippen molar-refractivity contribution in [1.82, 2.24) is 15.0 Å². The second-order valence-corrected chi connectivity index (χ2v) is 4.89. The maximum absolute atomic E-state index is 14.4. The number of aromatic nitrogens is 4. The van der Waals surface area contributed by atoms with E-state index in [2.05, 4.69) is 15.0 Å². The third-order valence-electron chi connectivity index (χ3n) is 3.66. The lowest BCUT2D eigenvalue weighted by molar-refractivity contribution is -0.788. The van der Waals surface area contributed by atoms with Crippen LogP contribution in [0.1, 0.15) is 6.92 Å². The molecule has 0 amide bonds. The number of nitrogen functional groups attached to an aromatic ring is 1. The van der Waals surface area contributed by atoms with Gasteiger partial charge in [-0.05, 0) is 0 Å². The number of hydrogen-bond donors (Lipinski definition) is 4. The zero-order valence-corrected chi connectivity index (χ0v) is 10.7. The van der Waals surface area contributed by atoms with Crippen LogP contribution in [-0.2, 0) is 10.5 Å². The number of halogens is 1. The highest BCUT2D eigenvalue weighted by atomic mass is 19.1. The number of nitrogens with one attached hydrogen (secondary N) is 1. The molecule has 1 fully saturated rings. The highest BCUT2D eigenvalue weighted by Crippen LogP contribution is 2.34. The van der Waals surface area contributed by atoms with Gasteiger partial charge in [-0.1, -0.05) is 4.98 Å². The van der Waals surface area contributed by atoms with Crippen molar-refractivity contribution < 1.29 is 23.9 Å². The molecule has 0 bridgehead atoms. The summed E-state index contributed by atoms with van der Waals surface area (Å²) in [5.41, 5.74) is 5.02. The SMILES string of the molecule is C[C@@]1([n+]2c[nH]c3c(N)ncnc32)O[C@H](CO)C(O)[C@@H]1F. The summed E-state index contributed by atoms with van der Waals surface area (Å²) in [4.78, 5) is 10.7. The zero-order valence-electron chi connectivity index (χ0n) is 10.7. The minimum absolute atomic E-state index is 0.227. The van der Waals surface area contributed by atoms with Gasteiger partial charge in [0, 0.05) is 6.92 Å². The number of alkyl halides is 1. The average Bonchev–Trinajstić information content (AvgIpc) is 2.96. The third kappa shape index (κ3) is 1.60. The zero-order chi connectivity index (χ0) is 14.5. The van der Waals surface area contributed by atoms with Gasteiger partial charge in [0.15, 0.2) is 24.6 Å². The van der Waals surface area contributed by atoms with Crippen molar-refractivity contribution in [3.8, 4) is 0 Å². The molecule has 2 aromatic rings. The van der Waals surface area contributed by atoms with Gasteiger partial charge >= 0.3 is 5.65 Å². The van der Waals surface area contributed by atoms with E-state index in [0.29, 0.717) is 11.2 Å². The Morgan fingerprint density at radius 3 is 3.00 bits per heavy atom. The summed E-state index contributed by atoms with van der Waals surface area (Å²) in [5.74, 6) is 0.227. The fourth-order valence-corrected chi connectivity index (χ4v) is 2.52. The molecule has 0 radical (unpaired) electrons. The van der Waals surface area contributed by atoms with E-state index in [1.165, 1.54) is 24.1 Å². The molecule has 1 aliphatic heterocycles. The van der Waals surface area contributed by atoms with Gasteiger partial charge in [-0.3, -0.25) is 4.98 Å². The molecule has 3 rings (SSSR count). The molecule has 3 heterocycles. The highest BCUT2D eigenvalue weighted by Gasteiger charge is 2.56. The molecule has 0 aliphatic carbocycles. The molecule has 108 valence electrons. The number of aliphatic hydroxyl groups excluding tert-OH is 2. The summed E-state index contributed by atoms with van der Waals surface area (Å²) < 4.78 is 21.3. The number of ether oxygens (including phenoxy) is 1. The Bertz CT molecular complexity index is 650. The molecule has 0 spiro atoms. The largest absolute Gasteiger partial charge is 0.394 e. The molecule has 9 heteroatoms. The van der Waals surface area contributed by atoms with Gasteiger partial charge in [-0.2, -0.15) is 4.98 Å².